The van der Waals surface area contributed by atoms with E-state index >= 15 is 0 Å². The Balaban J connectivity index is 1.38. The molecule has 0 amide bonds. The van der Waals surface area contributed by atoms with E-state index in [2.05, 4.69) is 32.1 Å². The number of hydrogen-bond donors (Lipinski definition) is 2. The quantitative estimate of drug-likeness (QED) is 0.362. The van der Waals surface area contributed by atoms with Crippen molar-refractivity contribution in [2.24, 2.45) is 0 Å². The second kappa shape index (κ2) is 10.6. The molecule has 2 heterocycles. The number of morpholine rings is 1. The summed E-state index contributed by atoms with van der Waals surface area (Å²) >= 11 is 0. The van der Waals surface area contributed by atoms with Gasteiger partial charge in [0.2, 0.25) is 16.0 Å². The molecular formula is C27H29N5O3S. The number of nitrogens with zero attached hydrogens (tertiary/aromatic N) is 3. The van der Waals surface area contributed by atoms with Gasteiger partial charge in [-0.3, -0.25) is 9.62 Å². The van der Waals surface area contributed by atoms with Gasteiger partial charge in [-0.1, -0.05) is 42.5 Å². The standard InChI is InChI=1S/C27H29N5O3S/c1-2-36(33,34)31-23-11-9-21(10-12-23)25-8-4-6-22-18-28-27(30-26(22)25)29-24-7-3-5-20(17-24)19-32-13-15-35-16-14-32/h3-12,17-18,31H,2,13-16,19H2,1H3,(H,28,29,30). The molecule has 1 fully saturated rings. The van der Waals surface area contributed by atoms with Crippen molar-refractivity contribution in [2.75, 3.05) is 42.1 Å². The van der Waals surface area contributed by atoms with Crippen LogP contribution in [-0.4, -0.2) is 55.3 Å². The SMILES string of the molecule is CCS(=O)(=O)Nc1ccc(-c2cccc3cnc(Nc4cccc(CN5CCOCC5)c4)nc23)cc1. The highest BCUT2D eigenvalue weighted by molar-refractivity contribution is 7.92. The van der Waals surface area contributed by atoms with E-state index in [4.69, 9.17) is 9.72 Å². The molecule has 0 spiro atoms. The van der Waals surface area contributed by atoms with E-state index in [0.717, 1.165) is 60.6 Å². The number of ether oxygens (including phenoxy) is 1. The minimum atomic E-state index is -3.32. The Labute approximate surface area is 211 Å². The molecule has 9 heteroatoms. The average Bonchev–Trinajstić information content (AvgIpc) is 2.89. The third-order valence-corrected chi connectivity index (χ3v) is 7.46. The summed E-state index contributed by atoms with van der Waals surface area (Å²) < 4.78 is 31.8. The van der Waals surface area contributed by atoms with Gasteiger partial charge in [0, 0.05) is 48.2 Å². The fraction of sp³-hybridized carbons (Fsp3) is 0.259. The zero-order valence-corrected chi connectivity index (χ0v) is 21.0. The van der Waals surface area contributed by atoms with Crippen LogP contribution in [-0.2, 0) is 21.3 Å². The van der Waals surface area contributed by atoms with Crippen molar-refractivity contribution in [2.45, 2.75) is 13.5 Å². The second-order valence-electron chi connectivity index (χ2n) is 8.73. The van der Waals surface area contributed by atoms with Gasteiger partial charge in [-0.15, -0.1) is 0 Å². The van der Waals surface area contributed by atoms with Crippen molar-refractivity contribution < 1.29 is 13.2 Å². The first-order valence-electron chi connectivity index (χ1n) is 12.0. The van der Waals surface area contributed by atoms with Crippen molar-refractivity contribution in [3.05, 3.63) is 78.5 Å². The Hall–Kier alpha value is -3.53. The lowest BCUT2D eigenvalue weighted by Crippen LogP contribution is -2.35. The van der Waals surface area contributed by atoms with E-state index in [0.29, 0.717) is 11.6 Å². The fourth-order valence-electron chi connectivity index (χ4n) is 4.21. The highest BCUT2D eigenvalue weighted by atomic mass is 32.2. The molecule has 8 nitrogen and oxygen atoms in total. The summed E-state index contributed by atoms with van der Waals surface area (Å²) in [4.78, 5) is 11.7. The molecule has 0 aliphatic carbocycles. The normalized spacial score (nSPS) is 14.6. The third kappa shape index (κ3) is 5.81. The number of hydrogen-bond acceptors (Lipinski definition) is 7. The van der Waals surface area contributed by atoms with Crippen LogP contribution in [0.4, 0.5) is 17.3 Å². The summed E-state index contributed by atoms with van der Waals surface area (Å²) in [6.07, 6.45) is 1.81. The van der Waals surface area contributed by atoms with Crippen LogP contribution in [0.25, 0.3) is 22.0 Å². The Morgan fingerprint density at radius 2 is 1.75 bits per heavy atom. The Morgan fingerprint density at radius 1 is 0.972 bits per heavy atom. The Morgan fingerprint density at radius 3 is 2.53 bits per heavy atom. The lowest BCUT2D eigenvalue weighted by atomic mass is 10.0. The molecule has 0 bridgehead atoms. The van der Waals surface area contributed by atoms with Crippen LogP contribution in [0, 0.1) is 0 Å². The molecule has 0 saturated carbocycles. The van der Waals surface area contributed by atoms with Crippen LogP contribution >= 0.6 is 0 Å². The van der Waals surface area contributed by atoms with Crippen LogP contribution in [0.3, 0.4) is 0 Å². The molecule has 2 N–H and O–H groups in total. The van der Waals surface area contributed by atoms with E-state index in [1.165, 1.54) is 5.56 Å². The van der Waals surface area contributed by atoms with Crippen LogP contribution < -0.4 is 10.0 Å². The molecule has 1 saturated heterocycles. The minimum Gasteiger partial charge on any atom is -0.379 e. The number of rotatable bonds is 8. The molecule has 1 aliphatic heterocycles. The summed E-state index contributed by atoms with van der Waals surface area (Å²) in [5, 5.41) is 4.28. The molecule has 1 aromatic heterocycles. The molecule has 0 unspecified atom stereocenters. The highest BCUT2D eigenvalue weighted by Crippen LogP contribution is 2.29. The highest BCUT2D eigenvalue weighted by Gasteiger charge is 2.12. The van der Waals surface area contributed by atoms with Gasteiger partial charge in [-0.25, -0.2) is 18.4 Å². The number of anilines is 3. The fourth-order valence-corrected chi connectivity index (χ4v) is 4.85. The van der Waals surface area contributed by atoms with Gasteiger partial charge in [0.25, 0.3) is 0 Å². The minimum absolute atomic E-state index is 0.0287. The topological polar surface area (TPSA) is 96.5 Å². The lowest BCUT2D eigenvalue weighted by Gasteiger charge is -2.26. The van der Waals surface area contributed by atoms with E-state index in [1.807, 2.05) is 48.7 Å². The van der Waals surface area contributed by atoms with Gasteiger partial charge < -0.3 is 10.1 Å². The van der Waals surface area contributed by atoms with Crippen LogP contribution in [0.2, 0.25) is 0 Å². The van der Waals surface area contributed by atoms with E-state index in [1.54, 1.807) is 19.1 Å². The number of sulfonamides is 1. The van der Waals surface area contributed by atoms with E-state index < -0.39 is 10.0 Å². The molecule has 1 aliphatic rings. The smallest absolute Gasteiger partial charge is 0.232 e. The first-order valence-corrected chi connectivity index (χ1v) is 13.7. The number of benzene rings is 3. The van der Waals surface area contributed by atoms with Gasteiger partial charge in [-0.05, 0) is 42.3 Å². The summed E-state index contributed by atoms with van der Waals surface area (Å²) in [6, 6.07) is 21.6. The molecule has 36 heavy (non-hydrogen) atoms. The summed E-state index contributed by atoms with van der Waals surface area (Å²) in [5.74, 6) is 0.548. The van der Waals surface area contributed by atoms with Gasteiger partial charge in [-0.2, -0.15) is 0 Å². The Bertz CT molecular complexity index is 1450. The van der Waals surface area contributed by atoms with Crippen LogP contribution in [0.5, 0.6) is 0 Å². The summed E-state index contributed by atoms with van der Waals surface area (Å²) in [5.41, 5.74) is 5.41. The molecular weight excluding hydrogens is 474 g/mol. The van der Waals surface area contributed by atoms with Crippen molar-refractivity contribution in [3.63, 3.8) is 0 Å². The number of aromatic nitrogens is 2. The van der Waals surface area contributed by atoms with Crippen LogP contribution in [0.1, 0.15) is 12.5 Å². The van der Waals surface area contributed by atoms with Crippen molar-refractivity contribution in [3.8, 4) is 11.1 Å². The molecule has 5 rings (SSSR count). The average molecular weight is 504 g/mol. The van der Waals surface area contributed by atoms with Gasteiger partial charge >= 0.3 is 0 Å². The summed E-state index contributed by atoms with van der Waals surface area (Å²) in [7, 11) is -3.32. The molecule has 0 atom stereocenters. The van der Waals surface area contributed by atoms with Gasteiger partial charge in [0.1, 0.15) is 0 Å². The summed E-state index contributed by atoms with van der Waals surface area (Å²) in [6.45, 7) is 5.94. The zero-order chi connectivity index (χ0) is 25.0. The Kier molecular flexibility index (Phi) is 7.13. The maximum Gasteiger partial charge on any atom is 0.232 e. The molecule has 0 radical (unpaired) electrons. The zero-order valence-electron chi connectivity index (χ0n) is 20.1. The lowest BCUT2D eigenvalue weighted by molar-refractivity contribution is 0.0342. The van der Waals surface area contributed by atoms with Crippen molar-refractivity contribution in [1.82, 2.24) is 14.9 Å². The van der Waals surface area contributed by atoms with Crippen molar-refractivity contribution >= 4 is 38.2 Å². The van der Waals surface area contributed by atoms with Crippen molar-refractivity contribution in [1.29, 1.82) is 0 Å². The van der Waals surface area contributed by atoms with E-state index in [9.17, 15) is 8.42 Å². The van der Waals surface area contributed by atoms with Gasteiger partial charge in [0.15, 0.2) is 0 Å². The van der Waals surface area contributed by atoms with E-state index in [-0.39, 0.29) is 5.75 Å². The number of fused-ring (bicyclic) bond motifs is 1. The third-order valence-electron chi connectivity index (χ3n) is 6.15. The second-order valence-corrected chi connectivity index (χ2v) is 10.7. The largest absolute Gasteiger partial charge is 0.379 e. The first kappa shape index (κ1) is 24.2. The predicted molar refractivity (Wildman–Crippen MR) is 144 cm³/mol. The number of nitrogens with one attached hydrogen (secondary N) is 2. The monoisotopic (exact) mass is 503 g/mol. The molecule has 186 valence electrons. The maximum absolute atomic E-state index is 11.9. The molecule has 4 aromatic rings. The van der Waals surface area contributed by atoms with Gasteiger partial charge in [0.05, 0.1) is 24.5 Å². The first-order chi connectivity index (χ1) is 17.5. The predicted octanol–water partition coefficient (Wildman–Crippen LogP) is 4.63. The maximum atomic E-state index is 11.9. The van der Waals surface area contributed by atoms with Crippen LogP contribution in [0.15, 0.2) is 72.9 Å². The number of para-hydroxylation sites is 1. The molecule has 3 aromatic carbocycles.